The molecule has 0 radical (unpaired) electrons. The highest BCUT2D eigenvalue weighted by Crippen LogP contribution is 2.18. The van der Waals surface area contributed by atoms with Gasteiger partial charge < -0.3 is 16.0 Å². The number of rotatable bonds is 3. The fraction of sp³-hybridized carbons (Fsp3) is 0.300. The smallest absolute Gasteiger partial charge is 0.238 e. The first-order valence-corrected chi connectivity index (χ1v) is 4.48. The molecule has 0 aromatic heterocycles. The zero-order valence-electron chi connectivity index (χ0n) is 8.75. The third-order valence-electron chi connectivity index (χ3n) is 1.75. The zero-order chi connectivity index (χ0) is 11.4. The Kier molecular flexibility index (Phi) is 3.62. The quantitative estimate of drug-likeness (QED) is 0.730. The maximum absolute atomic E-state index is 12.8. The SMILES string of the molecule is CN(C)CC(=O)Nc1cc(F)ccc1N. The van der Waals surface area contributed by atoms with Gasteiger partial charge in [0.25, 0.3) is 0 Å². The number of likely N-dealkylation sites (N-methyl/N-ethyl adjacent to an activating group) is 1. The van der Waals surface area contributed by atoms with Crippen LogP contribution < -0.4 is 11.1 Å². The summed E-state index contributed by atoms with van der Waals surface area (Å²) in [7, 11) is 3.54. The molecule has 0 spiro atoms. The van der Waals surface area contributed by atoms with Gasteiger partial charge in [0.05, 0.1) is 17.9 Å². The normalized spacial score (nSPS) is 10.4. The summed E-state index contributed by atoms with van der Waals surface area (Å²) in [6, 6.07) is 3.86. The predicted octanol–water partition coefficient (Wildman–Crippen LogP) is 0.908. The van der Waals surface area contributed by atoms with Crippen LogP contribution in [0.15, 0.2) is 18.2 Å². The molecule has 82 valence electrons. The lowest BCUT2D eigenvalue weighted by Gasteiger charge is -2.11. The van der Waals surface area contributed by atoms with Gasteiger partial charge in [-0.25, -0.2) is 4.39 Å². The molecule has 1 rings (SSSR count). The van der Waals surface area contributed by atoms with E-state index in [0.29, 0.717) is 11.4 Å². The van der Waals surface area contributed by atoms with E-state index in [2.05, 4.69) is 5.32 Å². The fourth-order valence-electron chi connectivity index (χ4n) is 1.11. The van der Waals surface area contributed by atoms with E-state index in [1.165, 1.54) is 18.2 Å². The first kappa shape index (κ1) is 11.5. The van der Waals surface area contributed by atoms with Gasteiger partial charge in [0.2, 0.25) is 5.91 Å². The van der Waals surface area contributed by atoms with Crippen molar-refractivity contribution in [1.82, 2.24) is 4.90 Å². The standard InChI is InChI=1S/C10H14FN3O/c1-14(2)6-10(15)13-9-5-7(11)3-4-8(9)12/h3-5H,6,12H2,1-2H3,(H,13,15). The molecule has 0 bridgehead atoms. The first-order valence-electron chi connectivity index (χ1n) is 4.48. The minimum absolute atomic E-state index is 0.225. The molecule has 0 unspecified atom stereocenters. The van der Waals surface area contributed by atoms with E-state index in [0.717, 1.165) is 0 Å². The topological polar surface area (TPSA) is 58.4 Å². The Morgan fingerprint density at radius 3 is 2.80 bits per heavy atom. The molecule has 15 heavy (non-hydrogen) atoms. The van der Waals surface area contributed by atoms with Crippen molar-refractivity contribution in [3.8, 4) is 0 Å². The van der Waals surface area contributed by atoms with Crippen LogP contribution in [-0.2, 0) is 4.79 Å². The number of carbonyl (C=O) groups excluding carboxylic acids is 1. The van der Waals surface area contributed by atoms with E-state index in [1.54, 1.807) is 19.0 Å². The number of nitrogens with zero attached hydrogens (tertiary/aromatic N) is 1. The average Bonchev–Trinajstić information content (AvgIpc) is 2.10. The number of nitrogen functional groups attached to an aromatic ring is 1. The van der Waals surface area contributed by atoms with E-state index in [-0.39, 0.29) is 12.5 Å². The first-order chi connectivity index (χ1) is 6.99. The lowest BCUT2D eigenvalue weighted by Crippen LogP contribution is -2.27. The maximum atomic E-state index is 12.8. The summed E-state index contributed by atoms with van der Waals surface area (Å²) in [6.45, 7) is 0.232. The van der Waals surface area contributed by atoms with E-state index < -0.39 is 5.82 Å². The van der Waals surface area contributed by atoms with Crippen LogP contribution in [0, 0.1) is 5.82 Å². The molecular formula is C10H14FN3O. The number of carbonyl (C=O) groups is 1. The predicted molar refractivity (Wildman–Crippen MR) is 58.0 cm³/mol. The molecule has 5 heteroatoms. The van der Waals surface area contributed by atoms with Gasteiger partial charge >= 0.3 is 0 Å². The molecule has 0 aliphatic carbocycles. The van der Waals surface area contributed by atoms with Gasteiger partial charge in [-0.3, -0.25) is 4.79 Å². The number of hydrogen-bond donors (Lipinski definition) is 2. The Labute approximate surface area is 87.9 Å². The van der Waals surface area contributed by atoms with Crippen molar-refractivity contribution in [3.63, 3.8) is 0 Å². The highest BCUT2D eigenvalue weighted by Gasteiger charge is 2.06. The summed E-state index contributed by atoms with van der Waals surface area (Å²) >= 11 is 0. The third-order valence-corrected chi connectivity index (χ3v) is 1.75. The molecular weight excluding hydrogens is 197 g/mol. The molecule has 0 atom stereocenters. The fourth-order valence-corrected chi connectivity index (χ4v) is 1.11. The van der Waals surface area contributed by atoms with Crippen molar-refractivity contribution in [1.29, 1.82) is 0 Å². The van der Waals surface area contributed by atoms with Crippen molar-refractivity contribution in [3.05, 3.63) is 24.0 Å². The molecule has 0 aliphatic heterocycles. The van der Waals surface area contributed by atoms with Crippen molar-refractivity contribution in [2.24, 2.45) is 0 Å². The second-order valence-corrected chi connectivity index (χ2v) is 3.52. The number of benzene rings is 1. The average molecular weight is 211 g/mol. The van der Waals surface area contributed by atoms with E-state index >= 15 is 0 Å². The number of halogens is 1. The van der Waals surface area contributed by atoms with Crippen LogP contribution >= 0.6 is 0 Å². The van der Waals surface area contributed by atoms with E-state index in [9.17, 15) is 9.18 Å². The largest absolute Gasteiger partial charge is 0.397 e. The molecule has 0 fully saturated rings. The van der Waals surface area contributed by atoms with Crippen LogP contribution in [0.4, 0.5) is 15.8 Å². The van der Waals surface area contributed by atoms with Crippen molar-refractivity contribution in [2.45, 2.75) is 0 Å². The van der Waals surface area contributed by atoms with Crippen molar-refractivity contribution < 1.29 is 9.18 Å². The summed E-state index contributed by atoms with van der Waals surface area (Å²) in [5.41, 5.74) is 6.23. The Bertz CT molecular complexity index is 366. The number of nitrogens with one attached hydrogen (secondary N) is 1. The third kappa shape index (κ3) is 3.55. The van der Waals surface area contributed by atoms with Gasteiger partial charge in [-0.1, -0.05) is 0 Å². The lowest BCUT2D eigenvalue weighted by molar-refractivity contribution is -0.116. The molecule has 1 aromatic carbocycles. The second-order valence-electron chi connectivity index (χ2n) is 3.52. The highest BCUT2D eigenvalue weighted by atomic mass is 19.1. The van der Waals surface area contributed by atoms with Crippen LogP contribution in [0.2, 0.25) is 0 Å². The van der Waals surface area contributed by atoms with Gasteiger partial charge in [-0.2, -0.15) is 0 Å². The lowest BCUT2D eigenvalue weighted by atomic mass is 10.2. The number of hydrogen-bond acceptors (Lipinski definition) is 3. The van der Waals surface area contributed by atoms with E-state index in [4.69, 9.17) is 5.73 Å². The Hall–Kier alpha value is -1.62. The minimum Gasteiger partial charge on any atom is -0.397 e. The second kappa shape index (κ2) is 4.75. The molecule has 4 nitrogen and oxygen atoms in total. The highest BCUT2D eigenvalue weighted by molar-refractivity contribution is 5.95. The summed E-state index contributed by atoms with van der Waals surface area (Å²) in [4.78, 5) is 13.1. The zero-order valence-corrected chi connectivity index (χ0v) is 8.75. The molecule has 0 saturated heterocycles. The molecule has 1 amide bonds. The summed E-state index contributed by atoms with van der Waals surface area (Å²) in [5, 5.41) is 2.54. The van der Waals surface area contributed by atoms with Crippen molar-refractivity contribution in [2.75, 3.05) is 31.7 Å². The van der Waals surface area contributed by atoms with Gasteiger partial charge in [0.15, 0.2) is 0 Å². The van der Waals surface area contributed by atoms with Crippen LogP contribution in [0.5, 0.6) is 0 Å². The maximum Gasteiger partial charge on any atom is 0.238 e. The Morgan fingerprint density at radius 2 is 2.20 bits per heavy atom. The Morgan fingerprint density at radius 1 is 1.53 bits per heavy atom. The summed E-state index contributed by atoms with van der Waals surface area (Å²) < 4.78 is 12.8. The van der Waals surface area contributed by atoms with Crippen LogP contribution in [0.1, 0.15) is 0 Å². The number of nitrogens with two attached hydrogens (primary N) is 1. The van der Waals surface area contributed by atoms with Gasteiger partial charge in [0, 0.05) is 0 Å². The number of anilines is 2. The molecule has 0 saturated carbocycles. The summed E-state index contributed by atoms with van der Waals surface area (Å²) in [6.07, 6.45) is 0. The van der Waals surface area contributed by atoms with Crippen LogP contribution in [0.3, 0.4) is 0 Å². The molecule has 3 N–H and O–H groups in total. The molecule has 0 aliphatic rings. The van der Waals surface area contributed by atoms with Gasteiger partial charge in [0.1, 0.15) is 5.82 Å². The minimum atomic E-state index is -0.427. The monoisotopic (exact) mass is 211 g/mol. The van der Waals surface area contributed by atoms with Gasteiger partial charge in [-0.15, -0.1) is 0 Å². The molecule has 1 aromatic rings. The molecule has 0 heterocycles. The van der Waals surface area contributed by atoms with Crippen LogP contribution in [0.25, 0.3) is 0 Å². The Balaban J connectivity index is 2.71. The van der Waals surface area contributed by atoms with Crippen LogP contribution in [-0.4, -0.2) is 31.4 Å². The summed E-state index contributed by atoms with van der Waals surface area (Å²) in [5.74, 6) is -0.651. The van der Waals surface area contributed by atoms with Crippen molar-refractivity contribution >= 4 is 17.3 Å². The number of amides is 1. The van der Waals surface area contributed by atoms with Gasteiger partial charge in [-0.05, 0) is 32.3 Å². The van der Waals surface area contributed by atoms with E-state index in [1.807, 2.05) is 0 Å².